The summed E-state index contributed by atoms with van der Waals surface area (Å²) in [7, 11) is 0. The molecular formula is C17H17BrO2. The zero-order valence-electron chi connectivity index (χ0n) is 11.6. The summed E-state index contributed by atoms with van der Waals surface area (Å²) in [5, 5.41) is 0. The lowest BCUT2D eigenvalue weighted by Gasteiger charge is -2.08. The molecule has 0 saturated heterocycles. The zero-order valence-corrected chi connectivity index (χ0v) is 13.2. The van der Waals surface area contributed by atoms with Gasteiger partial charge in [-0.1, -0.05) is 54.0 Å². The van der Waals surface area contributed by atoms with Gasteiger partial charge in [-0.25, -0.2) is 0 Å². The summed E-state index contributed by atoms with van der Waals surface area (Å²) >= 11 is 3.42. The number of hydrogen-bond donors (Lipinski definition) is 0. The average molecular weight is 333 g/mol. The summed E-state index contributed by atoms with van der Waals surface area (Å²) in [6.45, 7) is 3.89. The fourth-order valence-electron chi connectivity index (χ4n) is 1.71. The lowest BCUT2D eigenvalue weighted by atomic mass is 10.1. The Bertz CT molecular complexity index is 571. The smallest absolute Gasteiger partial charge is 0.172 e. The summed E-state index contributed by atoms with van der Waals surface area (Å²) in [6.07, 6.45) is 0. The Kier molecular flexibility index (Phi) is 4.96. The maximum atomic E-state index is 11.5. The van der Waals surface area contributed by atoms with Crippen molar-refractivity contribution < 1.29 is 9.53 Å². The first-order valence-electron chi connectivity index (χ1n) is 6.58. The Balaban J connectivity index is 2.03. The molecule has 0 aliphatic carbocycles. The summed E-state index contributed by atoms with van der Waals surface area (Å²) < 4.78 is 6.55. The van der Waals surface area contributed by atoms with Crippen LogP contribution in [0.3, 0.4) is 0 Å². The van der Waals surface area contributed by atoms with Crippen LogP contribution in [0.25, 0.3) is 11.1 Å². The Morgan fingerprint density at radius 3 is 2.00 bits per heavy atom. The maximum Gasteiger partial charge on any atom is 0.172 e. The average Bonchev–Trinajstić information content (AvgIpc) is 2.46. The van der Waals surface area contributed by atoms with Crippen LogP contribution in [-0.4, -0.2) is 12.4 Å². The van der Waals surface area contributed by atoms with Crippen molar-refractivity contribution in [2.24, 2.45) is 5.92 Å². The van der Waals surface area contributed by atoms with E-state index in [1.807, 2.05) is 50.2 Å². The maximum absolute atomic E-state index is 11.5. The third kappa shape index (κ3) is 3.94. The van der Waals surface area contributed by atoms with Crippen LogP contribution in [0, 0.1) is 5.92 Å². The summed E-state index contributed by atoms with van der Waals surface area (Å²) in [4.78, 5) is 11.5. The van der Waals surface area contributed by atoms with E-state index >= 15 is 0 Å². The predicted molar refractivity (Wildman–Crippen MR) is 84.9 cm³/mol. The van der Waals surface area contributed by atoms with Gasteiger partial charge in [0.15, 0.2) is 5.78 Å². The molecule has 0 aromatic heterocycles. The highest BCUT2D eigenvalue weighted by molar-refractivity contribution is 9.10. The van der Waals surface area contributed by atoms with E-state index in [2.05, 4.69) is 28.1 Å². The van der Waals surface area contributed by atoms with E-state index in [-0.39, 0.29) is 18.3 Å². The second kappa shape index (κ2) is 6.71. The standard InChI is InChI=1S/C17H17BrO2/c1-12(2)17(19)11-20-16-9-5-14(6-10-16)13-3-7-15(18)8-4-13/h3-10,12H,11H2,1-2H3. The first-order chi connectivity index (χ1) is 9.56. The summed E-state index contributed by atoms with van der Waals surface area (Å²) in [5.74, 6) is 0.846. The molecule has 104 valence electrons. The van der Waals surface area contributed by atoms with Crippen molar-refractivity contribution in [1.82, 2.24) is 0 Å². The van der Waals surface area contributed by atoms with Crippen LogP contribution < -0.4 is 4.74 Å². The molecule has 0 aliphatic heterocycles. The van der Waals surface area contributed by atoms with E-state index < -0.39 is 0 Å². The van der Waals surface area contributed by atoms with Gasteiger partial charge < -0.3 is 4.74 Å². The topological polar surface area (TPSA) is 26.3 Å². The van der Waals surface area contributed by atoms with Crippen molar-refractivity contribution in [2.45, 2.75) is 13.8 Å². The molecule has 2 aromatic rings. The molecule has 0 amide bonds. The molecule has 0 heterocycles. The molecular weight excluding hydrogens is 316 g/mol. The Morgan fingerprint density at radius 1 is 1.00 bits per heavy atom. The molecule has 0 bridgehead atoms. The Morgan fingerprint density at radius 2 is 1.50 bits per heavy atom. The normalized spacial score (nSPS) is 10.6. The number of rotatable bonds is 5. The number of ketones is 1. The van der Waals surface area contributed by atoms with Gasteiger partial charge >= 0.3 is 0 Å². The Labute approximate surface area is 127 Å². The van der Waals surface area contributed by atoms with E-state index in [9.17, 15) is 4.79 Å². The van der Waals surface area contributed by atoms with E-state index in [1.165, 1.54) is 0 Å². The summed E-state index contributed by atoms with van der Waals surface area (Å²) in [6, 6.07) is 15.9. The van der Waals surface area contributed by atoms with Crippen molar-refractivity contribution >= 4 is 21.7 Å². The molecule has 0 N–H and O–H groups in total. The summed E-state index contributed by atoms with van der Waals surface area (Å²) in [5.41, 5.74) is 2.28. The number of halogens is 1. The molecule has 3 heteroatoms. The number of benzene rings is 2. The zero-order chi connectivity index (χ0) is 14.5. The minimum absolute atomic E-state index is 0.0111. The van der Waals surface area contributed by atoms with Gasteiger partial charge in [0.25, 0.3) is 0 Å². The van der Waals surface area contributed by atoms with Crippen molar-refractivity contribution in [1.29, 1.82) is 0 Å². The number of carbonyl (C=O) groups excluding carboxylic acids is 1. The number of hydrogen-bond acceptors (Lipinski definition) is 2. The molecule has 0 fully saturated rings. The largest absolute Gasteiger partial charge is 0.486 e. The van der Waals surface area contributed by atoms with Crippen LogP contribution in [0.1, 0.15) is 13.8 Å². The minimum Gasteiger partial charge on any atom is -0.486 e. The minimum atomic E-state index is 0.0111. The van der Waals surface area contributed by atoms with Gasteiger partial charge in [0, 0.05) is 10.4 Å². The van der Waals surface area contributed by atoms with Gasteiger partial charge in [0.1, 0.15) is 12.4 Å². The van der Waals surface area contributed by atoms with Crippen molar-refractivity contribution in [3.05, 3.63) is 53.0 Å². The number of carbonyl (C=O) groups is 1. The molecule has 2 aromatic carbocycles. The molecule has 0 aliphatic rings. The third-order valence-electron chi connectivity index (χ3n) is 3.06. The molecule has 20 heavy (non-hydrogen) atoms. The fraction of sp³-hybridized carbons (Fsp3) is 0.235. The van der Waals surface area contributed by atoms with E-state index in [0.717, 1.165) is 21.3 Å². The van der Waals surface area contributed by atoms with Crippen molar-refractivity contribution in [3.8, 4) is 16.9 Å². The third-order valence-corrected chi connectivity index (χ3v) is 3.59. The fourth-order valence-corrected chi connectivity index (χ4v) is 1.97. The van der Waals surface area contributed by atoms with Gasteiger partial charge in [-0.05, 0) is 35.4 Å². The first kappa shape index (κ1) is 14.8. The number of ether oxygens (including phenoxy) is 1. The van der Waals surface area contributed by atoms with Crippen LogP contribution >= 0.6 is 15.9 Å². The molecule has 0 saturated carbocycles. The first-order valence-corrected chi connectivity index (χ1v) is 7.37. The quantitative estimate of drug-likeness (QED) is 0.791. The van der Waals surface area contributed by atoms with E-state index in [1.54, 1.807) is 0 Å². The van der Waals surface area contributed by atoms with Gasteiger partial charge in [-0.2, -0.15) is 0 Å². The van der Waals surface area contributed by atoms with Crippen molar-refractivity contribution in [2.75, 3.05) is 6.61 Å². The molecule has 0 radical (unpaired) electrons. The van der Waals surface area contributed by atoms with E-state index in [4.69, 9.17) is 4.74 Å². The highest BCUT2D eigenvalue weighted by atomic mass is 79.9. The SMILES string of the molecule is CC(C)C(=O)COc1ccc(-c2ccc(Br)cc2)cc1. The van der Waals surface area contributed by atoms with Gasteiger partial charge in [-0.3, -0.25) is 4.79 Å². The van der Waals surface area contributed by atoms with Crippen LogP contribution in [0.4, 0.5) is 0 Å². The highest BCUT2D eigenvalue weighted by Gasteiger charge is 2.07. The second-order valence-electron chi connectivity index (χ2n) is 4.94. The van der Waals surface area contributed by atoms with Crippen LogP contribution in [0.2, 0.25) is 0 Å². The second-order valence-corrected chi connectivity index (χ2v) is 5.86. The molecule has 0 unspecified atom stereocenters. The molecule has 0 atom stereocenters. The van der Waals surface area contributed by atoms with Crippen LogP contribution in [0.15, 0.2) is 53.0 Å². The van der Waals surface area contributed by atoms with E-state index in [0.29, 0.717) is 0 Å². The molecule has 2 rings (SSSR count). The van der Waals surface area contributed by atoms with Gasteiger partial charge in [-0.15, -0.1) is 0 Å². The molecule has 2 nitrogen and oxygen atoms in total. The highest BCUT2D eigenvalue weighted by Crippen LogP contribution is 2.24. The molecule has 0 spiro atoms. The monoisotopic (exact) mass is 332 g/mol. The Hall–Kier alpha value is -1.61. The van der Waals surface area contributed by atoms with Crippen LogP contribution in [-0.2, 0) is 4.79 Å². The van der Waals surface area contributed by atoms with Gasteiger partial charge in [0.05, 0.1) is 0 Å². The lowest BCUT2D eigenvalue weighted by molar-refractivity contribution is -0.123. The number of Topliss-reactive ketones (excluding diaryl/α,β-unsaturated/α-hetero) is 1. The van der Waals surface area contributed by atoms with Gasteiger partial charge in [0.2, 0.25) is 0 Å². The van der Waals surface area contributed by atoms with Crippen molar-refractivity contribution in [3.63, 3.8) is 0 Å². The predicted octanol–water partition coefficient (Wildman–Crippen LogP) is 4.72. The lowest BCUT2D eigenvalue weighted by Crippen LogP contribution is -2.16. The van der Waals surface area contributed by atoms with Crippen LogP contribution in [0.5, 0.6) is 5.75 Å².